The number of benzene rings is 2. The van der Waals surface area contributed by atoms with Crippen LogP contribution in [0.5, 0.6) is 5.75 Å². The van der Waals surface area contributed by atoms with E-state index in [-0.39, 0.29) is 12.5 Å². The predicted molar refractivity (Wildman–Crippen MR) is 93.0 cm³/mol. The first-order chi connectivity index (χ1) is 11.2. The summed E-state index contributed by atoms with van der Waals surface area (Å²) in [5.74, 6) is 0.689. The predicted octanol–water partition coefficient (Wildman–Crippen LogP) is 4.15. The van der Waals surface area contributed by atoms with Crippen molar-refractivity contribution in [3.63, 3.8) is 0 Å². The zero-order valence-corrected chi connectivity index (χ0v) is 13.6. The Morgan fingerprint density at radius 1 is 0.957 bits per heavy atom. The summed E-state index contributed by atoms with van der Waals surface area (Å²) in [4.78, 5) is 11.4. The van der Waals surface area contributed by atoms with Crippen molar-refractivity contribution in [3.05, 3.63) is 59.2 Å². The summed E-state index contributed by atoms with van der Waals surface area (Å²) in [6.45, 7) is 2.30. The number of carbonyl (C=O) groups is 1. The molecule has 2 aromatic carbocycles. The second-order valence-electron chi connectivity index (χ2n) is 6.04. The van der Waals surface area contributed by atoms with Gasteiger partial charge in [0.25, 0.3) is 5.91 Å². The molecule has 1 N–H and O–H groups in total. The van der Waals surface area contributed by atoms with Crippen LogP contribution >= 0.6 is 0 Å². The summed E-state index contributed by atoms with van der Waals surface area (Å²) < 4.78 is 5.38. The standard InChI is InChI=1S/C20H23NO2/c1-2-15-7-9-16(10-8-15)5-3-4-6-17-11-12-19-18(13-17)21-20(22)14-23-19/h7-13H,2-6,14H2,1H3,(H,21,22). The zero-order chi connectivity index (χ0) is 16.1. The smallest absolute Gasteiger partial charge is 0.262 e. The van der Waals surface area contributed by atoms with Crippen molar-refractivity contribution < 1.29 is 9.53 Å². The molecule has 23 heavy (non-hydrogen) atoms. The van der Waals surface area contributed by atoms with Gasteiger partial charge in [0.15, 0.2) is 6.61 Å². The number of amides is 1. The highest BCUT2D eigenvalue weighted by Crippen LogP contribution is 2.29. The first-order valence-corrected chi connectivity index (χ1v) is 8.38. The second-order valence-corrected chi connectivity index (χ2v) is 6.04. The lowest BCUT2D eigenvalue weighted by Gasteiger charge is -2.18. The normalized spacial score (nSPS) is 13.2. The van der Waals surface area contributed by atoms with Gasteiger partial charge in [0.2, 0.25) is 0 Å². The van der Waals surface area contributed by atoms with Gasteiger partial charge < -0.3 is 10.1 Å². The Bertz CT molecular complexity index is 677. The monoisotopic (exact) mass is 309 g/mol. The first kappa shape index (κ1) is 15.6. The number of hydrogen-bond acceptors (Lipinski definition) is 2. The third-order valence-electron chi connectivity index (χ3n) is 4.29. The Balaban J connectivity index is 1.48. The molecule has 0 spiro atoms. The number of aryl methyl sites for hydroxylation is 3. The van der Waals surface area contributed by atoms with Gasteiger partial charge in [0, 0.05) is 0 Å². The molecular weight excluding hydrogens is 286 g/mol. The molecule has 1 aliphatic rings. The number of fused-ring (bicyclic) bond motifs is 1. The van der Waals surface area contributed by atoms with Gasteiger partial charge in [-0.05, 0) is 60.9 Å². The van der Waals surface area contributed by atoms with Gasteiger partial charge in [-0.25, -0.2) is 0 Å². The lowest BCUT2D eigenvalue weighted by Crippen LogP contribution is -2.25. The van der Waals surface area contributed by atoms with Crippen LogP contribution < -0.4 is 10.1 Å². The Morgan fingerprint density at radius 2 is 1.61 bits per heavy atom. The molecular formula is C20H23NO2. The quantitative estimate of drug-likeness (QED) is 0.814. The first-order valence-electron chi connectivity index (χ1n) is 8.38. The van der Waals surface area contributed by atoms with Gasteiger partial charge in [-0.2, -0.15) is 0 Å². The average Bonchev–Trinajstić information content (AvgIpc) is 2.59. The third-order valence-corrected chi connectivity index (χ3v) is 4.29. The van der Waals surface area contributed by atoms with Crippen molar-refractivity contribution in [2.45, 2.75) is 39.0 Å². The number of rotatable bonds is 6. The van der Waals surface area contributed by atoms with Crippen molar-refractivity contribution >= 4 is 11.6 Å². The summed E-state index contributed by atoms with van der Waals surface area (Å²) in [6.07, 6.45) is 5.55. The molecule has 0 unspecified atom stereocenters. The lowest BCUT2D eigenvalue weighted by atomic mass is 10.0. The molecule has 3 rings (SSSR count). The highest BCUT2D eigenvalue weighted by atomic mass is 16.5. The van der Waals surface area contributed by atoms with E-state index in [2.05, 4.69) is 42.6 Å². The molecule has 2 aromatic rings. The minimum Gasteiger partial charge on any atom is -0.482 e. The molecule has 0 fully saturated rings. The molecule has 0 saturated heterocycles. The summed E-state index contributed by atoms with van der Waals surface area (Å²) in [6, 6.07) is 15.0. The van der Waals surface area contributed by atoms with Crippen molar-refractivity contribution in [1.29, 1.82) is 0 Å². The Kier molecular flexibility index (Phi) is 4.96. The van der Waals surface area contributed by atoms with E-state index in [1.54, 1.807) is 0 Å². The SMILES string of the molecule is CCc1ccc(CCCCc2ccc3c(c2)NC(=O)CO3)cc1. The number of anilines is 1. The maximum atomic E-state index is 11.4. The van der Waals surface area contributed by atoms with Crippen LogP contribution in [-0.2, 0) is 24.1 Å². The number of hydrogen-bond donors (Lipinski definition) is 1. The lowest BCUT2D eigenvalue weighted by molar-refractivity contribution is -0.118. The topological polar surface area (TPSA) is 38.3 Å². The molecule has 3 heteroatoms. The molecule has 0 aliphatic carbocycles. The van der Waals surface area contributed by atoms with Crippen molar-refractivity contribution in [3.8, 4) is 5.75 Å². The fourth-order valence-corrected chi connectivity index (χ4v) is 2.89. The van der Waals surface area contributed by atoms with E-state index in [4.69, 9.17) is 4.74 Å². The summed E-state index contributed by atoms with van der Waals surface area (Å²) in [5, 5.41) is 2.86. The average molecular weight is 309 g/mol. The van der Waals surface area contributed by atoms with Gasteiger partial charge in [-0.3, -0.25) is 4.79 Å². The molecule has 0 saturated carbocycles. The summed E-state index contributed by atoms with van der Waals surface area (Å²) in [5.41, 5.74) is 4.85. The van der Waals surface area contributed by atoms with E-state index in [0.29, 0.717) is 0 Å². The van der Waals surface area contributed by atoms with Crippen molar-refractivity contribution in [2.24, 2.45) is 0 Å². The molecule has 120 valence electrons. The van der Waals surface area contributed by atoms with Crippen molar-refractivity contribution in [2.75, 3.05) is 11.9 Å². The maximum Gasteiger partial charge on any atom is 0.262 e. The minimum atomic E-state index is -0.0785. The zero-order valence-electron chi connectivity index (χ0n) is 13.6. The molecule has 1 heterocycles. The molecule has 0 bridgehead atoms. The van der Waals surface area contributed by atoms with Gasteiger partial charge >= 0.3 is 0 Å². The van der Waals surface area contributed by atoms with E-state index in [1.165, 1.54) is 23.1 Å². The molecule has 1 amide bonds. The van der Waals surface area contributed by atoms with Crippen LogP contribution in [-0.4, -0.2) is 12.5 Å². The van der Waals surface area contributed by atoms with Crippen LogP contribution in [0.25, 0.3) is 0 Å². The second kappa shape index (κ2) is 7.32. The van der Waals surface area contributed by atoms with Gasteiger partial charge in [-0.15, -0.1) is 0 Å². The van der Waals surface area contributed by atoms with E-state index < -0.39 is 0 Å². The van der Waals surface area contributed by atoms with Crippen LogP contribution in [0.15, 0.2) is 42.5 Å². The number of unbranched alkanes of at least 4 members (excludes halogenated alkanes) is 1. The van der Waals surface area contributed by atoms with Crippen molar-refractivity contribution in [1.82, 2.24) is 0 Å². The highest BCUT2D eigenvalue weighted by Gasteiger charge is 2.15. The number of nitrogens with one attached hydrogen (secondary N) is 1. The van der Waals surface area contributed by atoms with Crippen LogP contribution in [0.2, 0.25) is 0 Å². The van der Waals surface area contributed by atoms with E-state index in [9.17, 15) is 4.79 Å². The molecule has 1 aliphatic heterocycles. The van der Waals surface area contributed by atoms with Gasteiger partial charge in [0.1, 0.15) is 5.75 Å². The van der Waals surface area contributed by atoms with Gasteiger partial charge in [-0.1, -0.05) is 37.3 Å². The summed E-state index contributed by atoms with van der Waals surface area (Å²) in [7, 11) is 0. The third kappa shape index (κ3) is 4.13. The molecule has 0 atom stereocenters. The molecule has 0 aromatic heterocycles. The fourth-order valence-electron chi connectivity index (χ4n) is 2.89. The van der Waals surface area contributed by atoms with Crippen LogP contribution in [0.1, 0.15) is 36.5 Å². The van der Waals surface area contributed by atoms with Crippen LogP contribution in [0, 0.1) is 0 Å². The molecule has 3 nitrogen and oxygen atoms in total. The van der Waals surface area contributed by atoms with E-state index in [0.717, 1.165) is 37.1 Å². The maximum absolute atomic E-state index is 11.4. The largest absolute Gasteiger partial charge is 0.482 e. The Morgan fingerprint density at radius 3 is 2.35 bits per heavy atom. The number of carbonyl (C=O) groups excluding carboxylic acids is 1. The minimum absolute atomic E-state index is 0.0785. The Hall–Kier alpha value is -2.29. The fraction of sp³-hybridized carbons (Fsp3) is 0.350. The number of ether oxygens (including phenoxy) is 1. The van der Waals surface area contributed by atoms with Crippen LogP contribution in [0.4, 0.5) is 5.69 Å². The van der Waals surface area contributed by atoms with E-state index in [1.807, 2.05) is 12.1 Å². The van der Waals surface area contributed by atoms with Gasteiger partial charge in [0.05, 0.1) is 5.69 Å². The Labute approximate surface area is 137 Å². The highest BCUT2D eigenvalue weighted by molar-refractivity contribution is 5.95. The summed E-state index contributed by atoms with van der Waals surface area (Å²) >= 11 is 0. The van der Waals surface area contributed by atoms with Crippen LogP contribution in [0.3, 0.4) is 0 Å². The van der Waals surface area contributed by atoms with E-state index >= 15 is 0 Å². The molecule has 0 radical (unpaired) electrons.